The molecule has 0 bridgehead atoms. The number of carbonyl (C=O) groups excluding carboxylic acids is 1. The molecular formula is C19H17F3N4O3S. The summed E-state index contributed by atoms with van der Waals surface area (Å²) in [5.74, 6) is -1.92. The SMILES string of the molecule is O=C(Cn1c(C(F)(F)F)nc2ccccc21)Nc1cccc(S(=O)(=O)NC2CC2)c1. The predicted molar refractivity (Wildman–Crippen MR) is 103 cm³/mol. The molecule has 0 saturated heterocycles. The lowest BCUT2D eigenvalue weighted by molar-refractivity contribution is -0.147. The maximum absolute atomic E-state index is 13.4. The molecule has 1 heterocycles. The summed E-state index contributed by atoms with van der Waals surface area (Å²) in [4.78, 5) is 16.0. The number of halogens is 3. The fourth-order valence-electron chi connectivity index (χ4n) is 3.03. The fraction of sp³-hybridized carbons (Fsp3) is 0.263. The van der Waals surface area contributed by atoms with Crippen LogP contribution in [0.25, 0.3) is 11.0 Å². The Balaban J connectivity index is 1.57. The highest BCUT2D eigenvalue weighted by Gasteiger charge is 2.38. The minimum absolute atomic E-state index is 0.0312. The number of nitrogens with one attached hydrogen (secondary N) is 2. The van der Waals surface area contributed by atoms with Crippen LogP contribution in [0.4, 0.5) is 18.9 Å². The van der Waals surface area contributed by atoms with Crippen molar-refractivity contribution < 1.29 is 26.4 Å². The zero-order valence-corrected chi connectivity index (χ0v) is 16.3. The van der Waals surface area contributed by atoms with E-state index in [-0.39, 0.29) is 27.7 Å². The average molecular weight is 438 g/mol. The number of sulfonamides is 1. The van der Waals surface area contributed by atoms with Crippen molar-refractivity contribution in [1.29, 1.82) is 0 Å². The standard InChI is InChI=1S/C19H17F3N4O3S/c20-19(21,22)18-24-15-6-1-2-7-16(15)26(18)11-17(27)23-13-4-3-5-14(10-13)30(28,29)25-12-8-9-12/h1-7,10,12,25H,8-9,11H2,(H,23,27). The molecule has 7 nitrogen and oxygen atoms in total. The highest BCUT2D eigenvalue weighted by molar-refractivity contribution is 7.89. The molecule has 4 rings (SSSR count). The van der Waals surface area contributed by atoms with Crippen LogP contribution in [0.15, 0.2) is 53.4 Å². The van der Waals surface area contributed by atoms with Gasteiger partial charge in [-0.3, -0.25) is 4.79 Å². The Morgan fingerprint density at radius 3 is 2.57 bits per heavy atom. The molecule has 0 aliphatic heterocycles. The minimum atomic E-state index is -4.73. The normalized spacial score (nSPS) is 14.8. The molecule has 11 heteroatoms. The lowest BCUT2D eigenvalue weighted by Gasteiger charge is -2.12. The van der Waals surface area contributed by atoms with Gasteiger partial charge in [0.05, 0.1) is 15.9 Å². The molecule has 1 amide bonds. The van der Waals surface area contributed by atoms with E-state index in [1.807, 2.05) is 0 Å². The largest absolute Gasteiger partial charge is 0.449 e. The number of anilines is 1. The number of hydrogen-bond acceptors (Lipinski definition) is 4. The van der Waals surface area contributed by atoms with Crippen molar-refractivity contribution in [3.05, 3.63) is 54.4 Å². The number of hydrogen-bond donors (Lipinski definition) is 2. The van der Waals surface area contributed by atoms with Crippen LogP contribution in [-0.2, 0) is 27.5 Å². The second kappa shape index (κ2) is 7.40. The van der Waals surface area contributed by atoms with Crippen LogP contribution in [-0.4, -0.2) is 29.9 Å². The van der Waals surface area contributed by atoms with Gasteiger partial charge in [-0.05, 0) is 43.2 Å². The van der Waals surface area contributed by atoms with Gasteiger partial charge in [0.2, 0.25) is 21.8 Å². The van der Waals surface area contributed by atoms with E-state index in [0.717, 1.165) is 17.4 Å². The molecule has 1 saturated carbocycles. The van der Waals surface area contributed by atoms with Gasteiger partial charge in [-0.1, -0.05) is 18.2 Å². The first kappa shape index (κ1) is 20.4. The Labute approximate surface area is 170 Å². The van der Waals surface area contributed by atoms with Gasteiger partial charge in [-0.15, -0.1) is 0 Å². The zero-order chi connectivity index (χ0) is 21.5. The minimum Gasteiger partial charge on any atom is -0.324 e. The Morgan fingerprint density at radius 2 is 1.87 bits per heavy atom. The van der Waals surface area contributed by atoms with E-state index in [2.05, 4.69) is 15.0 Å². The molecule has 158 valence electrons. The number of benzene rings is 2. The summed E-state index contributed by atoms with van der Waals surface area (Å²) in [5.41, 5.74) is 0.457. The molecule has 0 unspecified atom stereocenters. The first-order valence-electron chi connectivity index (χ1n) is 9.08. The fourth-order valence-corrected chi connectivity index (χ4v) is 4.38. The molecule has 0 atom stereocenters. The van der Waals surface area contributed by atoms with Crippen LogP contribution in [0.5, 0.6) is 0 Å². The molecule has 30 heavy (non-hydrogen) atoms. The Hall–Kier alpha value is -2.92. The summed E-state index contributed by atoms with van der Waals surface area (Å²) in [6.45, 7) is -0.632. The lowest BCUT2D eigenvalue weighted by atomic mass is 10.3. The molecule has 1 aliphatic carbocycles. The van der Waals surface area contributed by atoms with Crippen LogP contribution in [0.1, 0.15) is 18.7 Å². The van der Waals surface area contributed by atoms with Crippen molar-refractivity contribution >= 4 is 32.7 Å². The maximum atomic E-state index is 13.4. The maximum Gasteiger partial charge on any atom is 0.449 e. The van der Waals surface area contributed by atoms with Gasteiger partial charge in [0.25, 0.3) is 0 Å². The number of amides is 1. The van der Waals surface area contributed by atoms with Crippen molar-refractivity contribution in [3.8, 4) is 0 Å². The number of imidazole rings is 1. The monoisotopic (exact) mass is 438 g/mol. The third-order valence-electron chi connectivity index (χ3n) is 4.54. The second-order valence-corrected chi connectivity index (χ2v) is 8.69. The molecule has 2 N–H and O–H groups in total. The first-order valence-corrected chi connectivity index (χ1v) is 10.6. The Morgan fingerprint density at radius 1 is 1.13 bits per heavy atom. The third kappa shape index (κ3) is 4.31. The number of alkyl halides is 3. The predicted octanol–water partition coefficient (Wildman–Crippen LogP) is 3.13. The molecule has 0 radical (unpaired) electrons. The van der Waals surface area contributed by atoms with Crippen LogP contribution in [0.3, 0.4) is 0 Å². The van der Waals surface area contributed by atoms with Gasteiger partial charge in [-0.2, -0.15) is 13.2 Å². The summed E-state index contributed by atoms with van der Waals surface area (Å²) < 4.78 is 68.1. The number of nitrogens with zero attached hydrogens (tertiary/aromatic N) is 2. The highest BCUT2D eigenvalue weighted by atomic mass is 32.2. The van der Waals surface area contributed by atoms with Crippen molar-refractivity contribution in [3.63, 3.8) is 0 Å². The van der Waals surface area contributed by atoms with Gasteiger partial charge in [-0.25, -0.2) is 18.1 Å². The average Bonchev–Trinajstić information content (AvgIpc) is 3.39. The van der Waals surface area contributed by atoms with E-state index in [0.29, 0.717) is 0 Å². The van der Waals surface area contributed by atoms with E-state index >= 15 is 0 Å². The second-order valence-electron chi connectivity index (χ2n) is 6.98. The zero-order valence-electron chi connectivity index (χ0n) is 15.5. The number of aromatic nitrogens is 2. The van der Waals surface area contributed by atoms with Gasteiger partial charge in [0.1, 0.15) is 6.54 Å². The highest BCUT2D eigenvalue weighted by Crippen LogP contribution is 2.31. The van der Waals surface area contributed by atoms with Crippen LogP contribution >= 0.6 is 0 Å². The van der Waals surface area contributed by atoms with Crippen LogP contribution in [0, 0.1) is 0 Å². The number of para-hydroxylation sites is 2. The van der Waals surface area contributed by atoms with Crippen molar-refractivity contribution in [2.45, 2.75) is 36.5 Å². The van der Waals surface area contributed by atoms with Gasteiger partial charge in [0, 0.05) is 11.7 Å². The van der Waals surface area contributed by atoms with Gasteiger partial charge in [0.15, 0.2) is 0 Å². The van der Waals surface area contributed by atoms with Gasteiger partial charge < -0.3 is 9.88 Å². The van der Waals surface area contributed by atoms with E-state index in [4.69, 9.17) is 0 Å². The third-order valence-corrected chi connectivity index (χ3v) is 6.06. The van der Waals surface area contributed by atoms with Crippen LogP contribution in [0.2, 0.25) is 0 Å². The summed E-state index contributed by atoms with van der Waals surface area (Å²) >= 11 is 0. The quantitative estimate of drug-likeness (QED) is 0.619. The van der Waals surface area contributed by atoms with E-state index in [9.17, 15) is 26.4 Å². The van der Waals surface area contributed by atoms with Crippen molar-refractivity contribution in [2.24, 2.45) is 0 Å². The van der Waals surface area contributed by atoms with E-state index in [1.54, 1.807) is 12.1 Å². The Bertz CT molecular complexity index is 1220. The smallest absolute Gasteiger partial charge is 0.324 e. The molecule has 2 aromatic carbocycles. The molecule has 0 spiro atoms. The van der Waals surface area contributed by atoms with Crippen molar-refractivity contribution in [1.82, 2.24) is 14.3 Å². The summed E-state index contributed by atoms with van der Waals surface area (Å²) in [7, 11) is -3.73. The summed E-state index contributed by atoms with van der Waals surface area (Å²) in [6, 6.07) is 11.5. The first-order chi connectivity index (χ1) is 14.1. The number of rotatable bonds is 6. The molecule has 1 aromatic heterocycles. The lowest BCUT2D eigenvalue weighted by Crippen LogP contribution is -2.26. The Kier molecular flexibility index (Phi) is 5.02. The molecule has 1 fully saturated rings. The molecule has 3 aromatic rings. The summed E-state index contributed by atoms with van der Waals surface area (Å²) in [6.07, 6.45) is -3.19. The molecular weight excluding hydrogens is 421 g/mol. The van der Waals surface area contributed by atoms with E-state index < -0.39 is 34.5 Å². The topological polar surface area (TPSA) is 93.1 Å². The number of fused-ring (bicyclic) bond motifs is 1. The van der Waals surface area contributed by atoms with E-state index in [1.165, 1.54) is 36.4 Å². The number of carbonyl (C=O) groups is 1. The van der Waals surface area contributed by atoms with Crippen molar-refractivity contribution in [2.75, 3.05) is 5.32 Å². The molecule has 1 aliphatic rings. The summed E-state index contributed by atoms with van der Waals surface area (Å²) in [5, 5.41) is 2.46. The van der Waals surface area contributed by atoms with Gasteiger partial charge >= 0.3 is 6.18 Å². The van der Waals surface area contributed by atoms with Crippen LogP contribution < -0.4 is 10.0 Å².